The summed E-state index contributed by atoms with van der Waals surface area (Å²) in [5.74, 6) is 0.332. The molecule has 0 aliphatic rings. The van der Waals surface area contributed by atoms with Crippen LogP contribution >= 0.6 is 0 Å². The highest BCUT2D eigenvalue weighted by atomic mass is 19.4. The number of hydrogen-bond donors (Lipinski definition) is 2. The van der Waals surface area contributed by atoms with Crippen LogP contribution in [0.1, 0.15) is 76.3 Å². The summed E-state index contributed by atoms with van der Waals surface area (Å²) in [5.41, 5.74) is 10.4. The molecule has 5 aromatic rings. The van der Waals surface area contributed by atoms with Crippen molar-refractivity contribution in [2.24, 2.45) is 5.73 Å². The van der Waals surface area contributed by atoms with Crippen LogP contribution in [0, 0.1) is 78.8 Å². The molecule has 0 spiro atoms. The first-order valence-corrected chi connectivity index (χ1v) is 19.9. The Morgan fingerprint density at radius 2 is 1.08 bits per heavy atom. The minimum Gasteiger partial charge on any atom is -0.487 e. The summed E-state index contributed by atoms with van der Waals surface area (Å²) in [6, 6.07) is 24.6. The monoisotopic (exact) mass is 903 g/mol. The number of rotatable bonds is 11. The molecule has 0 aliphatic heterocycles. The fourth-order valence-electron chi connectivity index (χ4n) is 5.46. The number of unbranched alkanes of at least 4 members (excludes halogenated alkanes) is 2. The number of nitro groups is 3. The summed E-state index contributed by atoms with van der Waals surface area (Å²) in [4.78, 5) is 30.0. The van der Waals surface area contributed by atoms with Crippen molar-refractivity contribution in [3.8, 4) is 5.75 Å². The smallest absolute Gasteiger partial charge is 0.416 e. The van der Waals surface area contributed by atoms with Gasteiger partial charge in [-0.25, -0.2) is 0 Å². The molecule has 0 unspecified atom stereocenters. The van der Waals surface area contributed by atoms with Crippen LogP contribution in [0.2, 0.25) is 0 Å². The number of para-hydroxylation sites is 1. The number of nitro benzene ring substituents is 3. The second-order valence-electron chi connectivity index (χ2n) is 14.4. The Morgan fingerprint density at radius 3 is 1.56 bits per heavy atom. The lowest BCUT2D eigenvalue weighted by atomic mass is 10.1. The molecule has 18 heteroatoms. The number of nitrogens with one attached hydrogen (secondary N) is 1. The lowest BCUT2D eigenvalue weighted by Gasteiger charge is -2.12. The minimum absolute atomic E-state index is 0.0295. The summed E-state index contributed by atoms with van der Waals surface area (Å²) in [5, 5.41) is 34.7. The van der Waals surface area contributed by atoms with E-state index in [1.54, 1.807) is 57.2 Å². The zero-order valence-corrected chi connectivity index (χ0v) is 37.0. The number of hydrogen-bond acceptors (Lipinski definition) is 9. The van der Waals surface area contributed by atoms with Crippen LogP contribution in [0.3, 0.4) is 0 Å². The van der Waals surface area contributed by atoms with Crippen LogP contribution in [0.5, 0.6) is 5.75 Å². The SMILES string of the molecule is CCOc1ccc(C)cc1[N+](=O)[O-].Cc1cc(C(F)(F)F)cc(C(F)(F)F)c1.Cc1ccc(C)c(NCCCCCN)c1.Cc1cccc([N+](=O)[O-])c1C.Cc1ccccc1[N+](=O)[O-]. The summed E-state index contributed by atoms with van der Waals surface area (Å²) >= 11 is 0. The Balaban J connectivity index is 0.000000403. The van der Waals surface area contributed by atoms with E-state index in [0.29, 0.717) is 30.1 Å². The minimum atomic E-state index is -4.76. The number of aryl methyl sites for hydroxylation is 6. The number of alkyl halides is 6. The fraction of sp³-hybridized carbons (Fsp3) is 0.348. The van der Waals surface area contributed by atoms with Crippen LogP contribution in [0.15, 0.2) is 97.1 Å². The molecule has 3 N–H and O–H groups in total. The average molecular weight is 904 g/mol. The molecular weight excluding hydrogens is 849 g/mol. The van der Waals surface area contributed by atoms with Gasteiger partial charge in [-0.2, -0.15) is 26.3 Å². The third-order valence-electron chi connectivity index (χ3n) is 9.02. The molecule has 0 heterocycles. The zero-order chi connectivity index (χ0) is 48.8. The predicted octanol–water partition coefficient (Wildman–Crippen LogP) is 13.3. The molecule has 0 saturated carbocycles. The second-order valence-corrected chi connectivity index (χ2v) is 14.4. The molecule has 0 aromatic heterocycles. The molecule has 0 saturated heterocycles. The van der Waals surface area contributed by atoms with E-state index in [-0.39, 0.29) is 38.5 Å². The van der Waals surface area contributed by atoms with Crippen molar-refractivity contribution in [2.75, 3.05) is 25.0 Å². The number of anilines is 1. The van der Waals surface area contributed by atoms with E-state index in [4.69, 9.17) is 10.5 Å². The fourth-order valence-corrected chi connectivity index (χ4v) is 5.46. The number of nitrogens with zero attached hydrogens (tertiary/aromatic N) is 3. The third kappa shape index (κ3) is 20.1. The lowest BCUT2D eigenvalue weighted by Crippen LogP contribution is -2.11. The molecule has 0 bridgehead atoms. The van der Waals surface area contributed by atoms with Gasteiger partial charge in [0.25, 0.3) is 11.4 Å². The largest absolute Gasteiger partial charge is 0.487 e. The summed E-state index contributed by atoms with van der Waals surface area (Å²) < 4.78 is 78.1. The summed E-state index contributed by atoms with van der Waals surface area (Å²) in [6.07, 6.45) is -5.97. The topological polar surface area (TPSA) is 177 Å². The van der Waals surface area contributed by atoms with E-state index in [9.17, 15) is 56.7 Å². The third-order valence-corrected chi connectivity index (χ3v) is 9.02. The van der Waals surface area contributed by atoms with Crippen LogP contribution in [0.25, 0.3) is 0 Å². The molecular formula is C46H55F6N5O7. The van der Waals surface area contributed by atoms with Gasteiger partial charge in [-0.3, -0.25) is 30.3 Å². The molecule has 0 amide bonds. The summed E-state index contributed by atoms with van der Waals surface area (Å²) in [6.45, 7) is 16.7. The van der Waals surface area contributed by atoms with Gasteiger partial charge in [0.05, 0.1) is 32.5 Å². The highest BCUT2D eigenvalue weighted by Crippen LogP contribution is 2.36. The van der Waals surface area contributed by atoms with Gasteiger partial charge in [-0.15, -0.1) is 0 Å². The van der Waals surface area contributed by atoms with Gasteiger partial charge < -0.3 is 15.8 Å². The van der Waals surface area contributed by atoms with Crippen LogP contribution < -0.4 is 15.8 Å². The van der Waals surface area contributed by atoms with Crippen LogP contribution in [0.4, 0.5) is 49.1 Å². The van der Waals surface area contributed by atoms with Crippen molar-refractivity contribution in [2.45, 2.75) is 87.0 Å². The Bertz CT molecular complexity index is 2250. The Kier molecular flexibility index (Phi) is 23.2. The molecule has 64 heavy (non-hydrogen) atoms. The van der Waals surface area contributed by atoms with E-state index in [2.05, 4.69) is 37.4 Å². The number of ether oxygens (including phenoxy) is 1. The first-order chi connectivity index (χ1) is 29.8. The molecule has 5 rings (SSSR count). The average Bonchev–Trinajstić information content (AvgIpc) is 3.21. The maximum Gasteiger partial charge on any atom is 0.416 e. The van der Waals surface area contributed by atoms with Gasteiger partial charge in [0.2, 0.25) is 0 Å². The van der Waals surface area contributed by atoms with E-state index in [1.165, 1.54) is 54.8 Å². The van der Waals surface area contributed by atoms with E-state index in [1.807, 2.05) is 19.9 Å². The van der Waals surface area contributed by atoms with Crippen molar-refractivity contribution < 1.29 is 45.8 Å². The van der Waals surface area contributed by atoms with Gasteiger partial charge in [-0.05, 0) is 133 Å². The Labute approximate surface area is 368 Å². The lowest BCUT2D eigenvalue weighted by molar-refractivity contribution is -0.386. The van der Waals surface area contributed by atoms with Gasteiger partial charge >= 0.3 is 18.0 Å². The zero-order valence-electron chi connectivity index (χ0n) is 37.0. The van der Waals surface area contributed by atoms with E-state index < -0.39 is 28.4 Å². The summed E-state index contributed by atoms with van der Waals surface area (Å²) in [7, 11) is 0. The van der Waals surface area contributed by atoms with Gasteiger partial charge in [-0.1, -0.05) is 55.0 Å². The maximum atomic E-state index is 12.2. The molecule has 348 valence electrons. The second kappa shape index (κ2) is 26.8. The van der Waals surface area contributed by atoms with Gasteiger partial charge in [0, 0.05) is 41.6 Å². The Morgan fingerprint density at radius 1 is 0.562 bits per heavy atom. The predicted molar refractivity (Wildman–Crippen MR) is 238 cm³/mol. The first kappa shape index (κ1) is 55.5. The molecule has 0 aliphatic carbocycles. The van der Waals surface area contributed by atoms with Crippen molar-refractivity contribution in [1.29, 1.82) is 0 Å². The van der Waals surface area contributed by atoms with Gasteiger partial charge in [0.1, 0.15) is 0 Å². The molecule has 5 aromatic carbocycles. The van der Waals surface area contributed by atoms with Crippen molar-refractivity contribution >= 4 is 22.7 Å². The molecule has 0 fully saturated rings. The Hall–Kier alpha value is -6.56. The maximum absolute atomic E-state index is 12.2. The molecule has 0 atom stereocenters. The van der Waals surface area contributed by atoms with Crippen molar-refractivity contribution in [3.05, 3.63) is 177 Å². The van der Waals surface area contributed by atoms with Gasteiger partial charge in [0.15, 0.2) is 5.75 Å². The van der Waals surface area contributed by atoms with E-state index >= 15 is 0 Å². The molecule has 12 nitrogen and oxygen atoms in total. The number of nitrogens with two attached hydrogens (primary N) is 1. The number of halogens is 6. The van der Waals surface area contributed by atoms with Crippen LogP contribution in [-0.2, 0) is 12.4 Å². The van der Waals surface area contributed by atoms with Crippen molar-refractivity contribution in [1.82, 2.24) is 0 Å². The normalized spacial score (nSPS) is 10.5. The highest BCUT2D eigenvalue weighted by molar-refractivity contribution is 5.52. The molecule has 0 radical (unpaired) electrons. The quantitative estimate of drug-likeness (QED) is 0.0565. The standard InChI is InChI=1S/C13H22N2.C9H6F6.C9H11NO3.C8H9NO2.C7H7NO2/c1-11-6-7-12(2)13(10-11)15-9-5-3-4-8-14;1-5-2-6(8(10,11)12)4-7(3-5)9(13,14)15;1-3-13-9-5-4-7(2)6-8(9)10(11)12;1-6-4-3-5-8(7(6)2)9(10)11;1-6-4-2-3-5-7(6)8(9)10/h6-7,10,15H,3-5,8-9,14H2,1-2H3;2-4H,1H3;4-6H,3H2,1-2H3;3-5H,1-2H3;2-5H,1H3. The van der Waals surface area contributed by atoms with Crippen LogP contribution in [-0.4, -0.2) is 34.5 Å². The number of benzene rings is 5. The first-order valence-electron chi connectivity index (χ1n) is 19.9. The highest BCUT2D eigenvalue weighted by Gasteiger charge is 2.36. The van der Waals surface area contributed by atoms with Crippen molar-refractivity contribution in [3.63, 3.8) is 0 Å². The van der Waals surface area contributed by atoms with E-state index in [0.717, 1.165) is 36.2 Å².